The van der Waals surface area contributed by atoms with Crippen molar-refractivity contribution in [1.82, 2.24) is 16.0 Å². The van der Waals surface area contributed by atoms with E-state index in [0.717, 1.165) is 0 Å². The molecule has 24 heavy (non-hydrogen) atoms. The molecule has 1 atom stereocenters. The SMILES string of the molecule is N#Cc1cc(C(=O)NC2CC(NC(=O)CC3CCC(=O)N3)C2)cs1. The first-order valence-electron chi connectivity index (χ1n) is 7.91. The van der Waals surface area contributed by atoms with E-state index in [0.29, 0.717) is 42.5 Å². The van der Waals surface area contributed by atoms with Crippen LogP contribution in [0.5, 0.6) is 0 Å². The first-order chi connectivity index (χ1) is 11.5. The molecule has 1 aliphatic carbocycles. The quantitative estimate of drug-likeness (QED) is 0.727. The van der Waals surface area contributed by atoms with Gasteiger partial charge < -0.3 is 16.0 Å². The lowest BCUT2D eigenvalue weighted by Crippen LogP contribution is -2.54. The molecule has 8 heteroatoms. The Morgan fingerprint density at radius 2 is 2.08 bits per heavy atom. The molecule has 2 aliphatic rings. The van der Waals surface area contributed by atoms with Crippen molar-refractivity contribution in [3.63, 3.8) is 0 Å². The molecule has 1 aromatic heterocycles. The highest BCUT2D eigenvalue weighted by atomic mass is 32.1. The number of amides is 3. The Labute approximate surface area is 143 Å². The molecule has 1 saturated carbocycles. The highest BCUT2D eigenvalue weighted by Gasteiger charge is 2.32. The van der Waals surface area contributed by atoms with E-state index < -0.39 is 0 Å². The molecule has 3 amide bonds. The van der Waals surface area contributed by atoms with Crippen molar-refractivity contribution in [3.05, 3.63) is 21.9 Å². The Morgan fingerprint density at radius 1 is 1.33 bits per heavy atom. The number of thiophene rings is 1. The smallest absolute Gasteiger partial charge is 0.252 e. The third-order valence-electron chi connectivity index (χ3n) is 4.33. The fourth-order valence-corrected chi connectivity index (χ4v) is 3.65. The standard InChI is InChI=1S/C16H18N4O3S/c17-7-13-3-9(8-24-13)16(23)20-12-4-11(5-12)19-15(22)6-10-1-2-14(21)18-10/h3,8,10-12H,1-2,4-6H2,(H,18,21)(H,19,22)(H,20,23). The number of nitrogens with zero attached hydrogens (tertiary/aromatic N) is 1. The van der Waals surface area contributed by atoms with Gasteiger partial charge in [-0.3, -0.25) is 14.4 Å². The van der Waals surface area contributed by atoms with Crippen LogP contribution in [0.15, 0.2) is 11.4 Å². The zero-order chi connectivity index (χ0) is 17.1. The summed E-state index contributed by atoms with van der Waals surface area (Å²) in [5, 5.41) is 19.1. The second-order valence-electron chi connectivity index (χ2n) is 6.22. The molecule has 7 nitrogen and oxygen atoms in total. The van der Waals surface area contributed by atoms with Crippen LogP contribution in [0.2, 0.25) is 0 Å². The van der Waals surface area contributed by atoms with Gasteiger partial charge in [-0.15, -0.1) is 11.3 Å². The zero-order valence-corrected chi connectivity index (χ0v) is 13.8. The lowest BCUT2D eigenvalue weighted by atomic mass is 9.86. The highest BCUT2D eigenvalue weighted by molar-refractivity contribution is 7.10. The molecule has 1 saturated heterocycles. The van der Waals surface area contributed by atoms with E-state index in [2.05, 4.69) is 16.0 Å². The van der Waals surface area contributed by atoms with Crippen LogP contribution < -0.4 is 16.0 Å². The van der Waals surface area contributed by atoms with E-state index in [9.17, 15) is 14.4 Å². The monoisotopic (exact) mass is 346 g/mol. The molecule has 1 unspecified atom stereocenters. The van der Waals surface area contributed by atoms with Crippen LogP contribution in [-0.2, 0) is 9.59 Å². The van der Waals surface area contributed by atoms with Crippen molar-refractivity contribution >= 4 is 29.1 Å². The second kappa shape index (κ2) is 7.01. The first-order valence-corrected chi connectivity index (χ1v) is 8.79. The summed E-state index contributed by atoms with van der Waals surface area (Å²) in [5.74, 6) is -0.239. The Bertz CT molecular complexity index is 702. The van der Waals surface area contributed by atoms with Gasteiger partial charge in [0.05, 0.1) is 5.56 Å². The van der Waals surface area contributed by atoms with Crippen molar-refractivity contribution in [2.45, 2.75) is 50.2 Å². The average Bonchev–Trinajstić information content (AvgIpc) is 3.13. The van der Waals surface area contributed by atoms with Gasteiger partial charge in [0.15, 0.2) is 0 Å². The average molecular weight is 346 g/mol. The number of carbonyl (C=O) groups excluding carboxylic acids is 3. The molecule has 1 aliphatic heterocycles. The predicted molar refractivity (Wildman–Crippen MR) is 87.2 cm³/mol. The van der Waals surface area contributed by atoms with E-state index in [4.69, 9.17) is 5.26 Å². The number of nitrogens with one attached hydrogen (secondary N) is 3. The van der Waals surface area contributed by atoms with Crippen molar-refractivity contribution in [2.75, 3.05) is 0 Å². The van der Waals surface area contributed by atoms with Gasteiger partial charge in [-0.25, -0.2) is 0 Å². The summed E-state index contributed by atoms with van der Waals surface area (Å²) in [6, 6.07) is 3.64. The topological polar surface area (TPSA) is 111 Å². The fourth-order valence-electron chi connectivity index (χ4n) is 2.98. The Morgan fingerprint density at radius 3 is 2.71 bits per heavy atom. The largest absolute Gasteiger partial charge is 0.353 e. The van der Waals surface area contributed by atoms with Crippen LogP contribution >= 0.6 is 11.3 Å². The third-order valence-corrected chi connectivity index (χ3v) is 5.16. The normalized spacial score (nSPS) is 25.3. The molecule has 2 heterocycles. The lowest BCUT2D eigenvalue weighted by Gasteiger charge is -2.36. The summed E-state index contributed by atoms with van der Waals surface area (Å²) < 4.78 is 0. The molecular weight excluding hydrogens is 328 g/mol. The van der Waals surface area contributed by atoms with Crippen LogP contribution in [0.3, 0.4) is 0 Å². The van der Waals surface area contributed by atoms with E-state index in [1.54, 1.807) is 11.4 Å². The van der Waals surface area contributed by atoms with Crippen molar-refractivity contribution in [1.29, 1.82) is 5.26 Å². The summed E-state index contributed by atoms with van der Waals surface area (Å²) in [6.07, 6.45) is 2.91. The van der Waals surface area contributed by atoms with Gasteiger partial charge in [-0.2, -0.15) is 5.26 Å². The minimum absolute atomic E-state index is 0.00667. The number of hydrogen-bond donors (Lipinski definition) is 3. The third kappa shape index (κ3) is 3.92. The summed E-state index contributed by atoms with van der Waals surface area (Å²) in [7, 11) is 0. The van der Waals surface area contributed by atoms with Crippen molar-refractivity contribution in [2.24, 2.45) is 0 Å². The highest BCUT2D eigenvalue weighted by Crippen LogP contribution is 2.22. The van der Waals surface area contributed by atoms with Crippen molar-refractivity contribution < 1.29 is 14.4 Å². The second-order valence-corrected chi connectivity index (χ2v) is 7.14. The van der Waals surface area contributed by atoms with Crippen LogP contribution in [0.1, 0.15) is 47.3 Å². The van der Waals surface area contributed by atoms with Gasteiger partial charge in [-0.05, 0) is 25.3 Å². The molecule has 0 bridgehead atoms. The van der Waals surface area contributed by atoms with Crippen LogP contribution in [0.4, 0.5) is 0 Å². The summed E-state index contributed by atoms with van der Waals surface area (Å²) >= 11 is 1.25. The molecular formula is C16H18N4O3S. The molecule has 126 valence electrons. The molecule has 3 N–H and O–H groups in total. The van der Waals surface area contributed by atoms with E-state index >= 15 is 0 Å². The Hall–Kier alpha value is -2.40. The number of hydrogen-bond acceptors (Lipinski definition) is 5. The van der Waals surface area contributed by atoms with E-state index in [1.807, 2.05) is 6.07 Å². The number of rotatable bonds is 5. The van der Waals surface area contributed by atoms with Gasteiger partial charge in [0, 0.05) is 36.3 Å². The van der Waals surface area contributed by atoms with Crippen LogP contribution in [-0.4, -0.2) is 35.8 Å². The van der Waals surface area contributed by atoms with Gasteiger partial charge >= 0.3 is 0 Å². The maximum Gasteiger partial charge on any atom is 0.252 e. The summed E-state index contributed by atoms with van der Waals surface area (Å²) in [6.45, 7) is 0. The molecule has 0 aromatic carbocycles. The van der Waals surface area contributed by atoms with Gasteiger partial charge in [0.25, 0.3) is 5.91 Å². The van der Waals surface area contributed by atoms with Gasteiger partial charge in [0.1, 0.15) is 10.9 Å². The van der Waals surface area contributed by atoms with Crippen LogP contribution in [0, 0.1) is 11.3 Å². The van der Waals surface area contributed by atoms with E-state index in [1.165, 1.54) is 11.3 Å². The summed E-state index contributed by atoms with van der Waals surface area (Å²) in [4.78, 5) is 35.6. The number of carbonyl (C=O) groups is 3. The summed E-state index contributed by atoms with van der Waals surface area (Å²) in [5.41, 5.74) is 0.501. The Kier molecular flexibility index (Phi) is 4.81. The van der Waals surface area contributed by atoms with Crippen molar-refractivity contribution in [3.8, 4) is 6.07 Å². The molecule has 0 radical (unpaired) electrons. The first kappa shape index (κ1) is 16.5. The van der Waals surface area contributed by atoms with Crippen LogP contribution in [0.25, 0.3) is 0 Å². The predicted octanol–water partition coefficient (Wildman–Crippen LogP) is 0.665. The number of nitriles is 1. The molecule has 2 fully saturated rings. The maximum absolute atomic E-state index is 12.0. The minimum atomic E-state index is -0.184. The molecule has 3 rings (SSSR count). The zero-order valence-electron chi connectivity index (χ0n) is 13.0. The van der Waals surface area contributed by atoms with Gasteiger partial charge in [0.2, 0.25) is 11.8 Å². The molecule has 0 spiro atoms. The fraction of sp³-hybridized carbons (Fsp3) is 0.500. The minimum Gasteiger partial charge on any atom is -0.353 e. The lowest BCUT2D eigenvalue weighted by molar-refractivity contribution is -0.123. The molecule has 1 aromatic rings. The van der Waals surface area contributed by atoms with E-state index in [-0.39, 0.29) is 35.8 Å². The Balaban J connectivity index is 1.36. The van der Waals surface area contributed by atoms with Gasteiger partial charge in [-0.1, -0.05) is 0 Å². The maximum atomic E-state index is 12.0.